The molecule has 7 heteroatoms. The second-order valence-corrected chi connectivity index (χ2v) is 8.14. The molecule has 6 nitrogen and oxygen atoms in total. The highest BCUT2D eigenvalue weighted by Crippen LogP contribution is 2.34. The molecule has 0 aromatic heterocycles. The summed E-state index contributed by atoms with van der Waals surface area (Å²) in [7, 11) is -0.679. The molecule has 0 saturated carbocycles. The van der Waals surface area contributed by atoms with Gasteiger partial charge < -0.3 is 14.2 Å². The van der Waals surface area contributed by atoms with Gasteiger partial charge in [-0.25, -0.2) is 8.42 Å². The number of anilines is 1. The number of para-hydroxylation sites is 3. The van der Waals surface area contributed by atoms with Crippen molar-refractivity contribution in [2.75, 3.05) is 31.7 Å². The molecule has 0 radical (unpaired) electrons. The van der Waals surface area contributed by atoms with Crippen molar-refractivity contribution < 1.29 is 22.6 Å². The number of nitrogens with zero attached hydrogens (tertiary/aromatic N) is 1. The van der Waals surface area contributed by atoms with Gasteiger partial charge in [0.15, 0.2) is 5.75 Å². The molecule has 0 bridgehead atoms. The van der Waals surface area contributed by atoms with Crippen LogP contribution in [-0.4, -0.2) is 35.8 Å². The number of hydrogen-bond acceptors (Lipinski definition) is 5. The van der Waals surface area contributed by atoms with E-state index in [9.17, 15) is 8.42 Å². The fourth-order valence-corrected chi connectivity index (χ4v) is 3.86. The van der Waals surface area contributed by atoms with Gasteiger partial charge in [0.05, 0.1) is 17.2 Å². The zero-order chi connectivity index (χ0) is 20.7. The highest BCUT2D eigenvalue weighted by molar-refractivity contribution is 7.92. The molecule has 3 aromatic rings. The van der Waals surface area contributed by atoms with Gasteiger partial charge in [-0.15, -0.1) is 0 Å². The molecule has 0 saturated heterocycles. The largest absolute Gasteiger partial charge is 0.491 e. The lowest BCUT2D eigenvalue weighted by Crippen LogP contribution is -2.26. The number of sulfonamides is 1. The second kappa shape index (κ2) is 9.45. The molecular weight excluding hydrogens is 390 g/mol. The number of hydrogen-bond donors (Lipinski definition) is 0. The van der Waals surface area contributed by atoms with E-state index in [0.29, 0.717) is 36.1 Å². The van der Waals surface area contributed by atoms with Crippen molar-refractivity contribution in [1.82, 2.24) is 0 Å². The van der Waals surface area contributed by atoms with E-state index in [1.54, 1.807) is 43.5 Å². The first-order valence-corrected chi connectivity index (χ1v) is 10.5. The van der Waals surface area contributed by atoms with Crippen molar-refractivity contribution in [3.63, 3.8) is 0 Å². The summed E-state index contributed by atoms with van der Waals surface area (Å²) in [4.78, 5) is 0.161. The molecule has 152 valence electrons. The predicted octanol–water partition coefficient (Wildman–Crippen LogP) is 4.33. The summed E-state index contributed by atoms with van der Waals surface area (Å²) in [6, 6.07) is 22.5. The number of rotatable bonds is 9. The molecule has 0 fully saturated rings. The van der Waals surface area contributed by atoms with Crippen LogP contribution in [0.4, 0.5) is 5.69 Å². The molecule has 0 aliphatic carbocycles. The first-order valence-electron chi connectivity index (χ1n) is 9.05. The summed E-state index contributed by atoms with van der Waals surface area (Å²) in [6.07, 6.45) is 0. The minimum absolute atomic E-state index is 0.161. The van der Waals surface area contributed by atoms with Gasteiger partial charge in [-0.3, -0.25) is 4.31 Å². The topological polar surface area (TPSA) is 65.1 Å². The molecule has 3 aromatic carbocycles. The average Bonchev–Trinajstić information content (AvgIpc) is 2.75. The van der Waals surface area contributed by atoms with Gasteiger partial charge in [-0.1, -0.05) is 30.3 Å². The van der Waals surface area contributed by atoms with E-state index in [-0.39, 0.29) is 4.90 Å². The van der Waals surface area contributed by atoms with Crippen LogP contribution in [0.2, 0.25) is 0 Å². The maximum atomic E-state index is 13.1. The Bertz CT molecular complexity index is 1020. The summed E-state index contributed by atoms with van der Waals surface area (Å²) < 4.78 is 43.8. The Morgan fingerprint density at radius 2 is 1.45 bits per heavy atom. The maximum absolute atomic E-state index is 13.1. The third-order valence-corrected chi connectivity index (χ3v) is 6.00. The van der Waals surface area contributed by atoms with Crippen LogP contribution >= 0.6 is 0 Å². The van der Waals surface area contributed by atoms with Gasteiger partial charge in [0.25, 0.3) is 10.0 Å². The van der Waals surface area contributed by atoms with Crippen LogP contribution in [0.25, 0.3) is 0 Å². The minimum Gasteiger partial charge on any atom is -0.491 e. The van der Waals surface area contributed by atoms with Gasteiger partial charge in [0, 0.05) is 14.2 Å². The highest BCUT2D eigenvalue weighted by Gasteiger charge is 2.24. The van der Waals surface area contributed by atoms with E-state index in [0.717, 1.165) is 0 Å². The van der Waals surface area contributed by atoms with Crippen molar-refractivity contribution in [3.8, 4) is 17.2 Å². The predicted molar refractivity (Wildman–Crippen MR) is 112 cm³/mol. The molecule has 0 unspecified atom stereocenters. The lowest BCUT2D eigenvalue weighted by atomic mass is 10.3. The van der Waals surface area contributed by atoms with Gasteiger partial charge in [0.1, 0.15) is 18.1 Å². The normalized spacial score (nSPS) is 11.1. The Morgan fingerprint density at radius 1 is 0.793 bits per heavy atom. The zero-order valence-corrected chi connectivity index (χ0v) is 17.1. The van der Waals surface area contributed by atoms with Crippen LogP contribution in [-0.2, 0) is 14.8 Å². The Kier molecular flexibility index (Phi) is 6.74. The second-order valence-electron chi connectivity index (χ2n) is 6.17. The van der Waals surface area contributed by atoms with Crippen molar-refractivity contribution in [1.29, 1.82) is 0 Å². The molecule has 0 aliphatic heterocycles. The summed E-state index contributed by atoms with van der Waals surface area (Å²) in [5.41, 5.74) is 0.441. The zero-order valence-electron chi connectivity index (χ0n) is 16.3. The van der Waals surface area contributed by atoms with Crippen molar-refractivity contribution in [2.45, 2.75) is 4.90 Å². The maximum Gasteiger partial charge on any atom is 0.264 e. The first kappa shape index (κ1) is 20.7. The Balaban J connectivity index is 1.83. The van der Waals surface area contributed by atoms with Crippen LogP contribution in [0.3, 0.4) is 0 Å². The Labute approximate surface area is 171 Å². The summed E-state index contributed by atoms with van der Waals surface area (Å²) in [5, 5.41) is 0. The van der Waals surface area contributed by atoms with Crippen molar-refractivity contribution >= 4 is 15.7 Å². The lowest BCUT2D eigenvalue weighted by Gasteiger charge is -2.22. The van der Waals surface area contributed by atoms with Crippen LogP contribution in [0.15, 0.2) is 83.8 Å². The van der Waals surface area contributed by atoms with E-state index in [1.165, 1.54) is 23.5 Å². The Morgan fingerprint density at radius 3 is 2.14 bits per heavy atom. The molecule has 0 spiro atoms. The smallest absolute Gasteiger partial charge is 0.264 e. The van der Waals surface area contributed by atoms with Crippen LogP contribution < -0.4 is 13.8 Å². The van der Waals surface area contributed by atoms with Crippen LogP contribution in [0, 0.1) is 0 Å². The third-order valence-electron chi connectivity index (χ3n) is 4.21. The Hall–Kier alpha value is -3.03. The number of benzene rings is 3. The van der Waals surface area contributed by atoms with Gasteiger partial charge >= 0.3 is 0 Å². The lowest BCUT2D eigenvalue weighted by molar-refractivity contribution is 0.146. The fraction of sp³-hybridized carbons (Fsp3) is 0.182. The third kappa shape index (κ3) is 5.07. The number of methoxy groups -OCH3 is 1. The molecule has 0 N–H and O–H groups in total. The van der Waals surface area contributed by atoms with Gasteiger partial charge in [0.2, 0.25) is 0 Å². The molecule has 3 rings (SSSR count). The molecule has 29 heavy (non-hydrogen) atoms. The first-order chi connectivity index (χ1) is 14.0. The quantitative estimate of drug-likeness (QED) is 0.489. The van der Waals surface area contributed by atoms with Gasteiger partial charge in [-0.2, -0.15) is 0 Å². The highest BCUT2D eigenvalue weighted by atomic mass is 32.2. The van der Waals surface area contributed by atoms with Crippen molar-refractivity contribution in [2.24, 2.45) is 0 Å². The molecular formula is C22H23NO5S. The number of ether oxygens (including phenoxy) is 3. The average molecular weight is 413 g/mol. The monoisotopic (exact) mass is 413 g/mol. The summed E-state index contributed by atoms with van der Waals surface area (Å²) in [6.45, 7) is 0.855. The summed E-state index contributed by atoms with van der Waals surface area (Å²) >= 11 is 0. The van der Waals surface area contributed by atoms with Crippen LogP contribution in [0.5, 0.6) is 17.2 Å². The van der Waals surface area contributed by atoms with E-state index in [4.69, 9.17) is 14.2 Å². The molecule has 0 atom stereocenters. The van der Waals surface area contributed by atoms with E-state index in [2.05, 4.69) is 0 Å². The minimum atomic E-state index is -3.78. The standard InChI is InChI=1S/C22H23NO5S/c1-23(21-10-6-7-11-22(21)28-19-8-4-3-5-9-19)29(24,25)20-14-12-18(13-15-20)27-17-16-26-2/h3-15H,16-17H2,1-2H3. The summed E-state index contributed by atoms with van der Waals surface area (Å²) in [5.74, 6) is 1.66. The van der Waals surface area contributed by atoms with E-state index >= 15 is 0 Å². The molecule has 0 aliphatic rings. The SMILES string of the molecule is COCCOc1ccc(S(=O)(=O)N(C)c2ccccc2Oc2ccccc2)cc1. The van der Waals surface area contributed by atoms with Crippen LogP contribution in [0.1, 0.15) is 0 Å². The van der Waals surface area contributed by atoms with E-state index in [1.807, 2.05) is 30.3 Å². The van der Waals surface area contributed by atoms with Gasteiger partial charge in [-0.05, 0) is 48.5 Å². The fourth-order valence-electron chi connectivity index (χ4n) is 2.66. The van der Waals surface area contributed by atoms with Crippen molar-refractivity contribution in [3.05, 3.63) is 78.9 Å². The molecule has 0 amide bonds. The molecule has 0 heterocycles. The van der Waals surface area contributed by atoms with E-state index < -0.39 is 10.0 Å².